The molecule has 0 spiro atoms. The smallest absolute Gasteiger partial charge is 0.337 e. The van der Waals surface area contributed by atoms with Crippen LogP contribution >= 0.6 is 0 Å². The monoisotopic (exact) mass is 573 g/mol. The third-order valence-corrected chi connectivity index (χ3v) is 8.77. The standard InChI is InChI=1S/C29H31F4N5O3/c1-5-20(17-12-34-11-14-7-6-8-35-22(14)17)36-25(39)23-21-16-9-15(10-19(16)30)18(21)13-38(23)26(40)24(28(2,3)4)37-27(41)29(31,32)33/h1,6-8,11-12,15-16,18-21,23-24H,9-10,13H2,2-4H3,(H,36,39)(H,37,41)/t15-,16+,18+,19+,20+,21-,23-,24+/m0/s1. The van der Waals surface area contributed by atoms with Gasteiger partial charge in [0, 0.05) is 36.1 Å². The van der Waals surface area contributed by atoms with Crippen LogP contribution in [-0.2, 0) is 14.4 Å². The first-order valence-corrected chi connectivity index (χ1v) is 13.5. The molecule has 2 aromatic rings. The molecule has 8 nitrogen and oxygen atoms in total. The second-order valence-corrected chi connectivity index (χ2v) is 12.3. The van der Waals surface area contributed by atoms with E-state index in [2.05, 4.69) is 21.2 Å². The molecule has 12 heteroatoms. The van der Waals surface area contributed by atoms with Crippen LogP contribution < -0.4 is 10.6 Å². The van der Waals surface area contributed by atoms with E-state index in [1.165, 1.54) is 31.9 Å². The van der Waals surface area contributed by atoms with Crippen LogP contribution in [0.2, 0.25) is 0 Å². The Morgan fingerprint density at radius 3 is 2.51 bits per heavy atom. The fraction of sp³-hybridized carbons (Fsp3) is 0.552. The minimum Gasteiger partial charge on any atom is -0.337 e. The van der Waals surface area contributed by atoms with Crippen LogP contribution in [0, 0.1) is 41.4 Å². The molecule has 1 saturated heterocycles. The number of pyridine rings is 2. The third-order valence-electron chi connectivity index (χ3n) is 8.77. The van der Waals surface area contributed by atoms with Gasteiger partial charge < -0.3 is 15.5 Å². The Morgan fingerprint density at radius 2 is 1.85 bits per heavy atom. The zero-order valence-corrected chi connectivity index (χ0v) is 22.8. The molecule has 2 saturated carbocycles. The van der Waals surface area contributed by atoms with Crippen molar-refractivity contribution in [1.82, 2.24) is 25.5 Å². The highest BCUT2D eigenvalue weighted by Gasteiger charge is 2.63. The summed E-state index contributed by atoms with van der Waals surface area (Å²) in [6.07, 6.45) is 5.00. The van der Waals surface area contributed by atoms with Crippen molar-refractivity contribution in [2.45, 2.75) is 64.1 Å². The molecule has 2 aliphatic carbocycles. The van der Waals surface area contributed by atoms with Crippen LogP contribution in [0.5, 0.6) is 0 Å². The van der Waals surface area contributed by atoms with E-state index < -0.39 is 65.4 Å². The van der Waals surface area contributed by atoms with Gasteiger partial charge >= 0.3 is 12.1 Å². The zero-order chi connectivity index (χ0) is 29.9. The van der Waals surface area contributed by atoms with E-state index in [1.807, 2.05) is 5.32 Å². The molecule has 2 aromatic heterocycles. The second kappa shape index (κ2) is 10.3. The fourth-order valence-electron chi connectivity index (χ4n) is 6.97. The number of aromatic nitrogens is 2. The average molecular weight is 574 g/mol. The SMILES string of the molecule is C#C[C@@H](NC(=O)[C@@H]1[C@@H]2[C@H](CN1C(=O)[C@@H](NC(=O)C(F)(F)F)C(C)(C)C)[C@H]1C[C@@H]2[C@H](F)C1)c1cncc2cccnc12. The lowest BCUT2D eigenvalue weighted by Crippen LogP contribution is -2.60. The molecule has 5 rings (SSSR count). The fourth-order valence-corrected chi connectivity index (χ4v) is 6.97. The highest BCUT2D eigenvalue weighted by Crippen LogP contribution is 2.58. The normalized spacial score (nSPS) is 28.6. The van der Waals surface area contributed by atoms with Crippen molar-refractivity contribution in [2.75, 3.05) is 6.54 Å². The van der Waals surface area contributed by atoms with Crippen LogP contribution in [-0.4, -0.2) is 63.6 Å². The number of nitrogens with one attached hydrogen (secondary N) is 2. The van der Waals surface area contributed by atoms with Crippen LogP contribution in [0.1, 0.15) is 45.2 Å². The molecule has 0 aromatic carbocycles. The van der Waals surface area contributed by atoms with Gasteiger partial charge in [-0.2, -0.15) is 13.2 Å². The van der Waals surface area contributed by atoms with Crippen molar-refractivity contribution in [3.05, 3.63) is 36.3 Å². The van der Waals surface area contributed by atoms with Gasteiger partial charge in [-0.25, -0.2) is 4.39 Å². The van der Waals surface area contributed by atoms with Crippen molar-refractivity contribution in [2.24, 2.45) is 29.1 Å². The first-order valence-electron chi connectivity index (χ1n) is 13.5. The highest BCUT2D eigenvalue weighted by molar-refractivity contribution is 5.95. The molecule has 2 N–H and O–H groups in total. The van der Waals surface area contributed by atoms with E-state index in [9.17, 15) is 31.9 Å². The van der Waals surface area contributed by atoms with Crippen molar-refractivity contribution in [3.8, 4) is 12.3 Å². The summed E-state index contributed by atoms with van der Waals surface area (Å²) in [7, 11) is 0. The van der Waals surface area contributed by atoms with Gasteiger partial charge in [-0.3, -0.25) is 24.4 Å². The molecule has 8 atom stereocenters. The Morgan fingerprint density at radius 1 is 1.12 bits per heavy atom. The topological polar surface area (TPSA) is 104 Å². The molecule has 3 amide bonds. The molecular formula is C29H31F4N5O3. The third kappa shape index (κ3) is 5.11. The van der Waals surface area contributed by atoms with E-state index in [1.54, 1.807) is 24.5 Å². The van der Waals surface area contributed by atoms with Gasteiger partial charge in [0.25, 0.3) is 0 Å². The number of likely N-dealkylation sites (tertiary alicyclic amines) is 1. The molecule has 0 radical (unpaired) electrons. The van der Waals surface area contributed by atoms with Crippen LogP contribution in [0.3, 0.4) is 0 Å². The number of amides is 3. The number of carbonyl (C=O) groups is 3. The second-order valence-electron chi connectivity index (χ2n) is 12.3. The van der Waals surface area contributed by atoms with Crippen LogP contribution in [0.25, 0.3) is 10.9 Å². The lowest BCUT2D eigenvalue weighted by Gasteiger charge is -2.37. The van der Waals surface area contributed by atoms with Gasteiger partial charge in [0.05, 0.1) is 5.52 Å². The van der Waals surface area contributed by atoms with Crippen molar-refractivity contribution >= 4 is 28.6 Å². The highest BCUT2D eigenvalue weighted by atomic mass is 19.4. The Balaban J connectivity index is 1.49. The minimum absolute atomic E-state index is 0.0548. The lowest BCUT2D eigenvalue weighted by atomic mass is 9.77. The van der Waals surface area contributed by atoms with Gasteiger partial charge in [0.2, 0.25) is 11.8 Å². The Hall–Kier alpha value is -3.75. The lowest BCUT2D eigenvalue weighted by molar-refractivity contribution is -0.176. The molecule has 3 heterocycles. The Labute approximate surface area is 234 Å². The van der Waals surface area contributed by atoms with Crippen molar-refractivity contribution < 1.29 is 31.9 Å². The number of hydrogen-bond donors (Lipinski definition) is 2. The van der Waals surface area contributed by atoms with Gasteiger partial charge in [-0.05, 0) is 54.1 Å². The van der Waals surface area contributed by atoms with Gasteiger partial charge in [-0.1, -0.05) is 26.7 Å². The Bertz CT molecular complexity index is 1410. The van der Waals surface area contributed by atoms with E-state index in [0.717, 1.165) is 0 Å². The number of halogens is 4. The molecule has 3 fully saturated rings. The van der Waals surface area contributed by atoms with Gasteiger partial charge in [0.1, 0.15) is 24.3 Å². The number of rotatable bonds is 5. The first kappa shape index (κ1) is 28.8. The Kier molecular flexibility index (Phi) is 7.20. The number of fused-ring (bicyclic) bond motifs is 6. The molecule has 3 aliphatic rings. The van der Waals surface area contributed by atoms with Crippen LogP contribution in [0.15, 0.2) is 30.7 Å². The zero-order valence-electron chi connectivity index (χ0n) is 22.8. The molecule has 1 aliphatic heterocycles. The molecular weight excluding hydrogens is 542 g/mol. The van der Waals surface area contributed by atoms with Crippen molar-refractivity contribution in [3.63, 3.8) is 0 Å². The van der Waals surface area contributed by atoms with Crippen molar-refractivity contribution in [1.29, 1.82) is 0 Å². The number of nitrogens with zero attached hydrogens (tertiary/aromatic N) is 3. The maximum absolute atomic E-state index is 15.0. The summed E-state index contributed by atoms with van der Waals surface area (Å²) in [6.45, 7) is 4.64. The summed E-state index contributed by atoms with van der Waals surface area (Å²) in [4.78, 5) is 49.6. The minimum atomic E-state index is -5.21. The summed E-state index contributed by atoms with van der Waals surface area (Å²) < 4.78 is 54.5. The number of hydrogen-bond acceptors (Lipinski definition) is 5. The number of carbonyl (C=O) groups excluding carboxylic acids is 3. The summed E-state index contributed by atoms with van der Waals surface area (Å²) in [5.74, 6) is -2.45. The summed E-state index contributed by atoms with van der Waals surface area (Å²) in [5, 5.41) is 5.32. The maximum atomic E-state index is 15.0. The number of alkyl halides is 4. The van der Waals surface area contributed by atoms with Gasteiger partial charge in [-0.15, -0.1) is 6.42 Å². The molecule has 0 unspecified atom stereocenters. The van der Waals surface area contributed by atoms with E-state index in [4.69, 9.17) is 6.42 Å². The predicted molar refractivity (Wildman–Crippen MR) is 140 cm³/mol. The number of terminal acetylenes is 1. The largest absolute Gasteiger partial charge is 0.471 e. The first-order chi connectivity index (χ1) is 19.2. The molecule has 218 valence electrons. The van der Waals surface area contributed by atoms with Gasteiger partial charge in [0.15, 0.2) is 0 Å². The average Bonchev–Trinajstić information content (AvgIpc) is 3.58. The molecule has 41 heavy (non-hydrogen) atoms. The summed E-state index contributed by atoms with van der Waals surface area (Å²) in [5.41, 5.74) is -0.151. The van der Waals surface area contributed by atoms with Crippen LogP contribution in [0.4, 0.5) is 17.6 Å². The summed E-state index contributed by atoms with van der Waals surface area (Å²) in [6, 6.07) is -0.243. The predicted octanol–water partition coefficient (Wildman–Crippen LogP) is 3.33. The van der Waals surface area contributed by atoms with E-state index in [-0.39, 0.29) is 18.4 Å². The van der Waals surface area contributed by atoms with E-state index >= 15 is 0 Å². The quantitative estimate of drug-likeness (QED) is 0.422. The van der Waals surface area contributed by atoms with E-state index in [0.29, 0.717) is 29.3 Å². The summed E-state index contributed by atoms with van der Waals surface area (Å²) >= 11 is 0. The molecule has 2 bridgehead atoms. The maximum Gasteiger partial charge on any atom is 0.471 e.